The van der Waals surface area contributed by atoms with Crippen LogP contribution in [0.3, 0.4) is 0 Å². The number of aromatic nitrogens is 2. The van der Waals surface area contributed by atoms with E-state index in [2.05, 4.69) is 17.3 Å². The fraction of sp³-hybridized carbons (Fsp3) is 0.625. The van der Waals surface area contributed by atoms with Crippen LogP contribution >= 0.6 is 0 Å². The summed E-state index contributed by atoms with van der Waals surface area (Å²) < 4.78 is 1.93. The van der Waals surface area contributed by atoms with Crippen LogP contribution in [0.25, 0.3) is 0 Å². The quantitative estimate of drug-likeness (QED) is 0.692. The molecular weight excluding hydrogens is 138 g/mol. The molecule has 0 fully saturated rings. The van der Waals surface area contributed by atoms with Gasteiger partial charge in [0.1, 0.15) is 0 Å². The Morgan fingerprint density at radius 3 is 2.91 bits per heavy atom. The molecule has 1 heterocycles. The Morgan fingerprint density at radius 2 is 2.36 bits per heavy atom. The smallest absolute Gasteiger partial charge is 0.0550 e. The number of nitrogens with zero attached hydrogens (tertiary/aromatic N) is 2. The maximum absolute atomic E-state index is 4.18. The molecular formula is C8H15N3. The molecule has 1 aromatic rings. The van der Waals surface area contributed by atoms with Gasteiger partial charge in [-0.2, -0.15) is 5.10 Å². The molecule has 1 rings (SSSR count). The highest BCUT2D eigenvalue weighted by Gasteiger charge is 2.03. The first-order chi connectivity index (χ1) is 5.29. The second kappa shape index (κ2) is 3.53. The summed E-state index contributed by atoms with van der Waals surface area (Å²) in [5.41, 5.74) is 2.62. The Kier molecular flexibility index (Phi) is 2.65. The summed E-state index contributed by atoms with van der Waals surface area (Å²) >= 11 is 0. The molecule has 0 saturated carbocycles. The van der Waals surface area contributed by atoms with E-state index in [1.54, 1.807) is 0 Å². The Hall–Kier alpha value is -0.830. The van der Waals surface area contributed by atoms with Gasteiger partial charge in [0.2, 0.25) is 0 Å². The SMILES string of the molecule is CCc1cnn(C)c1CNC. The zero-order chi connectivity index (χ0) is 8.27. The van der Waals surface area contributed by atoms with Gasteiger partial charge in [-0.15, -0.1) is 0 Å². The van der Waals surface area contributed by atoms with Gasteiger partial charge in [0.25, 0.3) is 0 Å². The minimum atomic E-state index is 0.902. The van der Waals surface area contributed by atoms with Crippen molar-refractivity contribution in [2.75, 3.05) is 7.05 Å². The number of hydrogen-bond donors (Lipinski definition) is 1. The van der Waals surface area contributed by atoms with Gasteiger partial charge in [0.05, 0.1) is 11.9 Å². The van der Waals surface area contributed by atoms with E-state index >= 15 is 0 Å². The van der Waals surface area contributed by atoms with E-state index in [4.69, 9.17) is 0 Å². The van der Waals surface area contributed by atoms with Crippen molar-refractivity contribution in [3.63, 3.8) is 0 Å². The molecule has 62 valence electrons. The molecule has 0 bridgehead atoms. The maximum Gasteiger partial charge on any atom is 0.0550 e. The molecule has 0 atom stereocenters. The third-order valence-electron chi connectivity index (χ3n) is 1.87. The topological polar surface area (TPSA) is 29.9 Å². The summed E-state index contributed by atoms with van der Waals surface area (Å²) in [5, 5.41) is 7.31. The summed E-state index contributed by atoms with van der Waals surface area (Å²) in [7, 11) is 3.93. The highest BCUT2D eigenvalue weighted by molar-refractivity contribution is 5.17. The van der Waals surface area contributed by atoms with Gasteiger partial charge in [-0.25, -0.2) is 0 Å². The van der Waals surface area contributed by atoms with Crippen molar-refractivity contribution >= 4 is 0 Å². The van der Waals surface area contributed by atoms with Gasteiger partial charge in [0.15, 0.2) is 0 Å². The van der Waals surface area contributed by atoms with Crippen LogP contribution < -0.4 is 5.32 Å². The van der Waals surface area contributed by atoms with Crippen molar-refractivity contribution in [3.05, 3.63) is 17.5 Å². The zero-order valence-corrected chi connectivity index (χ0v) is 7.39. The Morgan fingerprint density at radius 1 is 1.64 bits per heavy atom. The van der Waals surface area contributed by atoms with Gasteiger partial charge in [-0.05, 0) is 19.0 Å². The van der Waals surface area contributed by atoms with E-state index in [1.807, 2.05) is 25.0 Å². The Labute approximate surface area is 67.4 Å². The third-order valence-corrected chi connectivity index (χ3v) is 1.87. The van der Waals surface area contributed by atoms with E-state index in [9.17, 15) is 0 Å². The van der Waals surface area contributed by atoms with Crippen molar-refractivity contribution in [2.45, 2.75) is 19.9 Å². The van der Waals surface area contributed by atoms with Crippen LogP contribution in [0.4, 0.5) is 0 Å². The van der Waals surface area contributed by atoms with Crippen molar-refractivity contribution < 1.29 is 0 Å². The molecule has 1 N–H and O–H groups in total. The lowest BCUT2D eigenvalue weighted by Crippen LogP contribution is -2.11. The van der Waals surface area contributed by atoms with E-state index in [-0.39, 0.29) is 0 Å². The molecule has 0 aromatic carbocycles. The van der Waals surface area contributed by atoms with Gasteiger partial charge >= 0.3 is 0 Å². The van der Waals surface area contributed by atoms with Gasteiger partial charge in [0, 0.05) is 13.6 Å². The predicted octanol–water partition coefficient (Wildman–Crippen LogP) is 0.702. The van der Waals surface area contributed by atoms with Crippen molar-refractivity contribution in [1.29, 1.82) is 0 Å². The summed E-state index contributed by atoms with van der Waals surface area (Å²) in [6, 6.07) is 0. The van der Waals surface area contributed by atoms with Gasteiger partial charge < -0.3 is 5.32 Å². The summed E-state index contributed by atoms with van der Waals surface area (Å²) in [4.78, 5) is 0. The minimum absolute atomic E-state index is 0.902. The van der Waals surface area contributed by atoms with Crippen molar-refractivity contribution in [2.24, 2.45) is 7.05 Å². The molecule has 1 aromatic heterocycles. The van der Waals surface area contributed by atoms with Gasteiger partial charge in [-0.3, -0.25) is 4.68 Å². The maximum atomic E-state index is 4.18. The van der Waals surface area contributed by atoms with Crippen LogP contribution in [0, 0.1) is 0 Å². The number of aryl methyl sites for hydroxylation is 2. The van der Waals surface area contributed by atoms with Crippen molar-refractivity contribution in [3.8, 4) is 0 Å². The van der Waals surface area contributed by atoms with E-state index < -0.39 is 0 Å². The lowest BCUT2D eigenvalue weighted by atomic mass is 10.2. The zero-order valence-electron chi connectivity index (χ0n) is 7.39. The lowest BCUT2D eigenvalue weighted by molar-refractivity contribution is 0.668. The first kappa shape index (κ1) is 8.27. The molecule has 0 aliphatic carbocycles. The molecule has 0 aliphatic heterocycles. The average molecular weight is 153 g/mol. The molecule has 3 heteroatoms. The molecule has 0 aliphatic rings. The average Bonchev–Trinajstić information content (AvgIpc) is 2.34. The fourth-order valence-electron chi connectivity index (χ4n) is 1.20. The van der Waals surface area contributed by atoms with Gasteiger partial charge in [-0.1, -0.05) is 6.92 Å². The number of rotatable bonds is 3. The fourth-order valence-corrected chi connectivity index (χ4v) is 1.20. The van der Waals surface area contributed by atoms with Crippen LogP contribution in [-0.4, -0.2) is 16.8 Å². The number of hydrogen-bond acceptors (Lipinski definition) is 2. The standard InChI is InChI=1S/C8H15N3/c1-4-7-5-10-11(3)8(7)6-9-2/h5,9H,4,6H2,1-3H3. The highest BCUT2D eigenvalue weighted by Crippen LogP contribution is 2.06. The first-order valence-electron chi connectivity index (χ1n) is 3.94. The molecule has 0 unspecified atom stereocenters. The largest absolute Gasteiger partial charge is 0.314 e. The summed E-state index contributed by atoms with van der Waals surface area (Å²) in [5.74, 6) is 0. The molecule has 0 saturated heterocycles. The van der Waals surface area contributed by atoms with Crippen LogP contribution in [-0.2, 0) is 20.0 Å². The molecule has 11 heavy (non-hydrogen) atoms. The monoisotopic (exact) mass is 153 g/mol. The lowest BCUT2D eigenvalue weighted by Gasteiger charge is -2.02. The van der Waals surface area contributed by atoms with Crippen LogP contribution in [0.2, 0.25) is 0 Å². The van der Waals surface area contributed by atoms with E-state index in [0.717, 1.165) is 13.0 Å². The molecule has 0 radical (unpaired) electrons. The Balaban J connectivity index is 2.88. The highest BCUT2D eigenvalue weighted by atomic mass is 15.3. The van der Waals surface area contributed by atoms with Crippen LogP contribution in [0.15, 0.2) is 6.20 Å². The van der Waals surface area contributed by atoms with Crippen molar-refractivity contribution in [1.82, 2.24) is 15.1 Å². The normalized spacial score (nSPS) is 10.5. The second-order valence-corrected chi connectivity index (χ2v) is 2.62. The molecule has 0 amide bonds. The predicted molar refractivity (Wildman–Crippen MR) is 45.3 cm³/mol. The number of nitrogens with one attached hydrogen (secondary N) is 1. The molecule has 3 nitrogen and oxygen atoms in total. The second-order valence-electron chi connectivity index (χ2n) is 2.62. The van der Waals surface area contributed by atoms with E-state index in [0.29, 0.717) is 0 Å². The third kappa shape index (κ3) is 1.60. The summed E-state index contributed by atoms with van der Waals surface area (Å²) in [6.07, 6.45) is 3.00. The Bertz CT molecular complexity index is 227. The van der Waals surface area contributed by atoms with Crippen LogP contribution in [0.1, 0.15) is 18.2 Å². The van der Waals surface area contributed by atoms with E-state index in [1.165, 1.54) is 11.3 Å². The first-order valence-corrected chi connectivity index (χ1v) is 3.94. The van der Waals surface area contributed by atoms with Crippen LogP contribution in [0.5, 0.6) is 0 Å². The molecule has 0 spiro atoms. The minimum Gasteiger partial charge on any atom is -0.314 e. The summed E-state index contributed by atoms with van der Waals surface area (Å²) in [6.45, 7) is 3.05.